The molecule has 10 heteroatoms. The zero-order valence-corrected chi connectivity index (χ0v) is 20.0. The number of nitrogens with zero attached hydrogens (tertiary/aromatic N) is 7. The summed E-state index contributed by atoms with van der Waals surface area (Å²) in [6, 6.07) is 9.48. The van der Waals surface area contributed by atoms with E-state index < -0.39 is 0 Å². The number of carbonyl (C=O) groups excluding carboxylic acids is 1. The van der Waals surface area contributed by atoms with E-state index in [9.17, 15) is 4.79 Å². The Balaban J connectivity index is 1.34. The molecule has 1 aliphatic rings. The molecule has 0 saturated carbocycles. The maximum atomic E-state index is 12.8. The van der Waals surface area contributed by atoms with E-state index in [-0.39, 0.29) is 11.8 Å². The lowest BCUT2D eigenvalue weighted by molar-refractivity contribution is -0.128. The van der Waals surface area contributed by atoms with Crippen molar-refractivity contribution in [3.63, 3.8) is 0 Å². The Labute approximate surface area is 197 Å². The zero-order chi connectivity index (χ0) is 22.7. The Bertz CT molecular complexity index is 1100. The highest BCUT2D eigenvalue weighted by molar-refractivity contribution is 7.99. The molecule has 1 aliphatic heterocycles. The summed E-state index contributed by atoms with van der Waals surface area (Å²) in [7, 11) is 0. The molecule has 0 unspecified atom stereocenters. The van der Waals surface area contributed by atoms with Crippen LogP contribution in [0.3, 0.4) is 0 Å². The van der Waals surface area contributed by atoms with E-state index in [1.165, 1.54) is 11.8 Å². The fourth-order valence-electron chi connectivity index (χ4n) is 3.52. The summed E-state index contributed by atoms with van der Waals surface area (Å²) >= 11 is 7.48. The Kier molecular flexibility index (Phi) is 6.95. The fraction of sp³-hybridized carbons (Fsp3) is 0.409. The topological polar surface area (TPSA) is 80.0 Å². The summed E-state index contributed by atoms with van der Waals surface area (Å²) in [4.78, 5) is 26.2. The van der Waals surface area contributed by atoms with Gasteiger partial charge in [-0.1, -0.05) is 43.3 Å². The maximum Gasteiger partial charge on any atom is 0.233 e. The molecule has 168 valence electrons. The molecule has 3 heterocycles. The van der Waals surface area contributed by atoms with Gasteiger partial charge in [0.1, 0.15) is 18.0 Å². The van der Waals surface area contributed by atoms with Gasteiger partial charge in [-0.25, -0.2) is 9.97 Å². The number of rotatable bonds is 6. The first-order valence-electron chi connectivity index (χ1n) is 10.6. The second kappa shape index (κ2) is 9.87. The lowest BCUT2D eigenvalue weighted by Crippen LogP contribution is -2.49. The summed E-state index contributed by atoms with van der Waals surface area (Å²) in [6.07, 6.45) is 1.63. The lowest BCUT2D eigenvalue weighted by atomic mass is 10.2. The summed E-state index contributed by atoms with van der Waals surface area (Å²) < 4.78 is 1.84. The minimum Gasteiger partial charge on any atom is -0.353 e. The van der Waals surface area contributed by atoms with Crippen LogP contribution in [0.4, 0.5) is 5.82 Å². The molecule has 3 aromatic rings. The number of hydrogen-bond acceptors (Lipinski definition) is 7. The molecule has 0 aliphatic carbocycles. The molecule has 2 aromatic heterocycles. The normalized spacial score (nSPS) is 14.3. The molecular formula is C22H26ClN7OS. The highest BCUT2D eigenvalue weighted by Crippen LogP contribution is 2.23. The molecule has 0 spiro atoms. The molecule has 1 aromatic carbocycles. The van der Waals surface area contributed by atoms with Gasteiger partial charge in [0.05, 0.1) is 11.4 Å². The predicted molar refractivity (Wildman–Crippen MR) is 127 cm³/mol. The minimum absolute atomic E-state index is 0.0945. The van der Waals surface area contributed by atoms with Crippen LogP contribution in [0.1, 0.15) is 31.3 Å². The van der Waals surface area contributed by atoms with Crippen molar-refractivity contribution in [1.29, 1.82) is 0 Å². The SMILES string of the molecule is Cc1cc(N2CCN(C(=O)CSc3nncn3-c3cccc(Cl)c3)CC2)nc(C(C)C)n1. The molecule has 0 N–H and O–H groups in total. The second-order valence-corrected chi connectivity index (χ2v) is 9.38. The molecule has 1 fully saturated rings. The van der Waals surface area contributed by atoms with Crippen LogP contribution in [-0.4, -0.2) is 67.5 Å². The van der Waals surface area contributed by atoms with Gasteiger partial charge in [0.2, 0.25) is 5.91 Å². The number of thioether (sulfide) groups is 1. The van der Waals surface area contributed by atoms with Gasteiger partial charge in [-0.2, -0.15) is 0 Å². The van der Waals surface area contributed by atoms with Gasteiger partial charge in [0.15, 0.2) is 5.16 Å². The molecule has 1 amide bonds. The van der Waals surface area contributed by atoms with Crippen LogP contribution >= 0.6 is 23.4 Å². The van der Waals surface area contributed by atoms with Gasteiger partial charge in [-0.3, -0.25) is 9.36 Å². The average molecular weight is 472 g/mol. The quantitative estimate of drug-likeness (QED) is 0.508. The van der Waals surface area contributed by atoms with Gasteiger partial charge >= 0.3 is 0 Å². The van der Waals surface area contributed by atoms with Crippen molar-refractivity contribution in [3.05, 3.63) is 53.2 Å². The van der Waals surface area contributed by atoms with Crippen LogP contribution in [0.5, 0.6) is 0 Å². The predicted octanol–water partition coefficient (Wildman–Crippen LogP) is 3.58. The van der Waals surface area contributed by atoms with Crippen molar-refractivity contribution in [2.75, 3.05) is 36.8 Å². The number of piperazine rings is 1. The van der Waals surface area contributed by atoms with Crippen LogP contribution in [0.2, 0.25) is 5.02 Å². The zero-order valence-electron chi connectivity index (χ0n) is 18.4. The molecule has 1 saturated heterocycles. The highest BCUT2D eigenvalue weighted by Gasteiger charge is 2.23. The number of aromatic nitrogens is 5. The van der Waals surface area contributed by atoms with Crippen molar-refractivity contribution in [2.24, 2.45) is 0 Å². The average Bonchev–Trinajstić information content (AvgIpc) is 3.26. The molecule has 0 atom stereocenters. The van der Waals surface area contributed by atoms with Gasteiger partial charge in [0.25, 0.3) is 0 Å². The fourth-order valence-corrected chi connectivity index (χ4v) is 4.54. The van der Waals surface area contributed by atoms with Crippen molar-refractivity contribution < 1.29 is 4.79 Å². The molecule has 0 radical (unpaired) electrons. The molecule has 32 heavy (non-hydrogen) atoms. The molecule has 4 rings (SSSR count). The first-order chi connectivity index (χ1) is 15.4. The number of amides is 1. The monoisotopic (exact) mass is 471 g/mol. The van der Waals surface area contributed by atoms with Crippen LogP contribution < -0.4 is 4.90 Å². The van der Waals surface area contributed by atoms with E-state index in [0.29, 0.717) is 29.0 Å². The Morgan fingerprint density at radius 1 is 1.16 bits per heavy atom. The third-order valence-electron chi connectivity index (χ3n) is 5.26. The number of anilines is 1. The Morgan fingerprint density at radius 3 is 2.66 bits per heavy atom. The smallest absolute Gasteiger partial charge is 0.233 e. The first-order valence-corrected chi connectivity index (χ1v) is 11.9. The number of carbonyl (C=O) groups is 1. The van der Waals surface area contributed by atoms with Gasteiger partial charge in [-0.15, -0.1) is 10.2 Å². The summed E-state index contributed by atoms with van der Waals surface area (Å²) in [5.74, 6) is 2.49. The molecule has 8 nitrogen and oxygen atoms in total. The van der Waals surface area contributed by atoms with Crippen molar-refractivity contribution in [3.8, 4) is 5.69 Å². The summed E-state index contributed by atoms with van der Waals surface area (Å²) in [5, 5.41) is 9.46. The Morgan fingerprint density at radius 2 is 1.94 bits per heavy atom. The van der Waals surface area contributed by atoms with Crippen molar-refractivity contribution in [2.45, 2.75) is 31.8 Å². The van der Waals surface area contributed by atoms with Crippen molar-refractivity contribution in [1.82, 2.24) is 29.6 Å². The van der Waals surface area contributed by atoms with E-state index in [1.54, 1.807) is 6.33 Å². The lowest BCUT2D eigenvalue weighted by Gasteiger charge is -2.35. The van der Waals surface area contributed by atoms with E-state index >= 15 is 0 Å². The molecule has 0 bridgehead atoms. The minimum atomic E-state index is 0.0945. The second-order valence-electron chi connectivity index (χ2n) is 8.00. The van der Waals surface area contributed by atoms with Gasteiger partial charge in [-0.05, 0) is 25.1 Å². The van der Waals surface area contributed by atoms with Crippen LogP contribution in [-0.2, 0) is 4.79 Å². The number of halogens is 1. The maximum absolute atomic E-state index is 12.8. The van der Waals surface area contributed by atoms with Crippen molar-refractivity contribution >= 4 is 35.1 Å². The number of aryl methyl sites for hydroxylation is 1. The summed E-state index contributed by atoms with van der Waals surface area (Å²) in [5.41, 5.74) is 1.84. The third-order valence-corrected chi connectivity index (χ3v) is 6.42. The largest absolute Gasteiger partial charge is 0.353 e. The van der Waals surface area contributed by atoms with E-state index in [0.717, 1.165) is 36.1 Å². The van der Waals surface area contributed by atoms with Gasteiger partial charge < -0.3 is 9.80 Å². The Hall–Kier alpha value is -2.65. The first kappa shape index (κ1) is 22.5. The number of hydrogen-bond donors (Lipinski definition) is 0. The van der Waals surface area contributed by atoms with E-state index in [4.69, 9.17) is 16.6 Å². The van der Waals surface area contributed by atoms with E-state index in [2.05, 4.69) is 33.9 Å². The van der Waals surface area contributed by atoms with Crippen LogP contribution in [0.25, 0.3) is 5.69 Å². The number of benzene rings is 1. The van der Waals surface area contributed by atoms with Crippen LogP contribution in [0.15, 0.2) is 41.8 Å². The van der Waals surface area contributed by atoms with Crippen LogP contribution in [0, 0.1) is 6.92 Å². The standard InChI is InChI=1S/C22H26ClN7OS/c1-15(2)21-25-16(3)11-19(26-21)28-7-9-29(10-8-28)20(31)13-32-22-27-24-14-30(22)18-6-4-5-17(23)12-18/h4-6,11-12,14-15H,7-10,13H2,1-3H3. The summed E-state index contributed by atoms with van der Waals surface area (Å²) in [6.45, 7) is 9.03. The third kappa shape index (κ3) is 5.21. The van der Waals surface area contributed by atoms with Gasteiger partial charge in [0, 0.05) is 48.9 Å². The van der Waals surface area contributed by atoms with E-state index in [1.807, 2.05) is 46.7 Å². The molecular weight excluding hydrogens is 446 g/mol. The highest BCUT2D eigenvalue weighted by atomic mass is 35.5.